The molecule has 0 aliphatic heterocycles. The average Bonchev–Trinajstić information content (AvgIpc) is 2.61. The Bertz CT molecular complexity index is 844. The fraction of sp³-hybridized carbons (Fsp3) is 0.400. The number of aryl methyl sites for hydroxylation is 3. The molecule has 0 unspecified atom stereocenters. The minimum atomic E-state index is -3.60. The summed E-state index contributed by atoms with van der Waals surface area (Å²) >= 11 is 0. The fourth-order valence-electron chi connectivity index (χ4n) is 2.67. The lowest BCUT2D eigenvalue weighted by Gasteiger charge is -2.14. The molecule has 2 rings (SSSR count). The van der Waals surface area contributed by atoms with Gasteiger partial charge < -0.3 is 9.64 Å². The third-order valence-electron chi connectivity index (χ3n) is 4.46. The fourth-order valence-corrected chi connectivity index (χ4v) is 3.98. The van der Waals surface area contributed by atoms with Gasteiger partial charge in [-0.05, 0) is 67.6 Å². The summed E-state index contributed by atoms with van der Waals surface area (Å²) in [6.07, 6.45) is 1.55. The van der Waals surface area contributed by atoms with Crippen LogP contribution in [-0.4, -0.2) is 36.2 Å². The summed E-state index contributed by atoms with van der Waals surface area (Å²) in [6, 6.07) is 11.7. The van der Waals surface area contributed by atoms with E-state index >= 15 is 0 Å². The molecule has 6 heteroatoms. The SMILES string of the molecule is COc1cc(C)c(C)cc1S(=O)(=O)NCCCc1ccc(N(C)C)cc1. The number of sulfonamides is 1. The van der Waals surface area contributed by atoms with Crippen LogP contribution in [0.15, 0.2) is 41.3 Å². The number of benzene rings is 2. The van der Waals surface area contributed by atoms with Crippen LogP contribution in [0.25, 0.3) is 0 Å². The van der Waals surface area contributed by atoms with E-state index in [1.807, 2.05) is 27.9 Å². The van der Waals surface area contributed by atoms with E-state index < -0.39 is 10.0 Å². The van der Waals surface area contributed by atoms with Gasteiger partial charge in [0.15, 0.2) is 0 Å². The standard InChI is InChI=1S/C20H28N2O3S/c1-15-13-19(25-5)20(14-16(15)2)26(23,24)21-12-6-7-17-8-10-18(11-9-17)22(3)4/h8-11,13-14,21H,6-7,12H2,1-5H3. The quantitative estimate of drug-likeness (QED) is 0.718. The molecule has 0 spiro atoms. The van der Waals surface area contributed by atoms with Crippen molar-refractivity contribution in [3.05, 3.63) is 53.1 Å². The summed E-state index contributed by atoms with van der Waals surface area (Å²) in [5.74, 6) is 0.375. The molecule has 0 fully saturated rings. The Hall–Kier alpha value is -2.05. The van der Waals surface area contributed by atoms with Gasteiger partial charge in [-0.1, -0.05) is 12.1 Å². The molecule has 0 aliphatic rings. The summed E-state index contributed by atoms with van der Waals surface area (Å²) in [4.78, 5) is 2.24. The number of hydrogen-bond donors (Lipinski definition) is 1. The van der Waals surface area contributed by atoms with Crippen LogP contribution in [0, 0.1) is 13.8 Å². The highest BCUT2D eigenvalue weighted by molar-refractivity contribution is 7.89. The Balaban J connectivity index is 1.97. The molecule has 26 heavy (non-hydrogen) atoms. The number of anilines is 1. The number of nitrogens with one attached hydrogen (secondary N) is 1. The molecular formula is C20H28N2O3S. The van der Waals surface area contributed by atoms with E-state index in [2.05, 4.69) is 33.9 Å². The van der Waals surface area contributed by atoms with Gasteiger partial charge in [0.2, 0.25) is 10.0 Å². The van der Waals surface area contributed by atoms with E-state index in [4.69, 9.17) is 4.74 Å². The zero-order valence-electron chi connectivity index (χ0n) is 16.2. The number of rotatable bonds is 8. The van der Waals surface area contributed by atoms with Gasteiger partial charge >= 0.3 is 0 Å². The lowest BCUT2D eigenvalue weighted by molar-refractivity contribution is 0.401. The molecule has 0 saturated carbocycles. The van der Waals surface area contributed by atoms with Crippen LogP contribution in [0.4, 0.5) is 5.69 Å². The lowest BCUT2D eigenvalue weighted by atomic mass is 10.1. The van der Waals surface area contributed by atoms with Crippen molar-refractivity contribution in [3.8, 4) is 5.75 Å². The molecule has 2 aromatic carbocycles. The van der Waals surface area contributed by atoms with Crippen LogP contribution in [0.5, 0.6) is 5.75 Å². The van der Waals surface area contributed by atoms with Gasteiger partial charge in [-0.2, -0.15) is 0 Å². The Morgan fingerprint density at radius 3 is 2.23 bits per heavy atom. The summed E-state index contributed by atoms with van der Waals surface area (Å²) in [5, 5.41) is 0. The highest BCUT2D eigenvalue weighted by Crippen LogP contribution is 2.27. The van der Waals surface area contributed by atoms with Gasteiger partial charge in [0, 0.05) is 26.3 Å². The molecule has 1 N–H and O–H groups in total. The lowest BCUT2D eigenvalue weighted by Crippen LogP contribution is -2.25. The predicted octanol–water partition coefficient (Wildman–Crippen LogP) is 3.29. The predicted molar refractivity (Wildman–Crippen MR) is 107 cm³/mol. The van der Waals surface area contributed by atoms with Gasteiger partial charge in [0.1, 0.15) is 10.6 Å². The van der Waals surface area contributed by atoms with Gasteiger partial charge in [0.25, 0.3) is 0 Å². The van der Waals surface area contributed by atoms with Crippen LogP contribution < -0.4 is 14.4 Å². The summed E-state index contributed by atoms with van der Waals surface area (Å²) in [6.45, 7) is 4.21. The van der Waals surface area contributed by atoms with E-state index in [1.165, 1.54) is 12.7 Å². The van der Waals surface area contributed by atoms with Crippen molar-refractivity contribution < 1.29 is 13.2 Å². The monoisotopic (exact) mass is 376 g/mol. The second-order valence-corrected chi connectivity index (χ2v) is 8.38. The maximum Gasteiger partial charge on any atom is 0.244 e. The normalized spacial score (nSPS) is 11.4. The maximum absolute atomic E-state index is 12.6. The van der Waals surface area contributed by atoms with Crippen molar-refractivity contribution in [3.63, 3.8) is 0 Å². The van der Waals surface area contributed by atoms with Crippen molar-refractivity contribution in [2.24, 2.45) is 0 Å². The van der Waals surface area contributed by atoms with Crippen LogP contribution in [0.2, 0.25) is 0 Å². The minimum absolute atomic E-state index is 0.193. The molecule has 0 saturated heterocycles. The molecule has 142 valence electrons. The first kappa shape index (κ1) is 20.3. The highest BCUT2D eigenvalue weighted by atomic mass is 32.2. The molecule has 0 radical (unpaired) electrons. The Morgan fingerprint density at radius 2 is 1.65 bits per heavy atom. The maximum atomic E-state index is 12.6. The molecule has 0 bridgehead atoms. The first-order chi connectivity index (χ1) is 12.2. The molecule has 0 aromatic heterocycles. The van der Waals surface area contributed by atoms with Crippen molar-refractivity contribution in [2.45, 2.75) is 31.6 Å². The number of ether oxygens (including phenoxy) is 1. The van der Waals surface area contributed by atoms with Gasteiger partial charge in [-0.25, -0.2) is 13.1 Å². The summed E-state index contributed by atoms with van der Waals surface area (Å²) < 4.78 is 33.2. The number of nitrogens with zero attached hydrogens (tertiary/aromatic N) is 1. The number of hydrogen-bond acceptors (Lipinski definition) is 4. The van der Waals surface area contributed by atoms with Crippen LogP contribution in [0.3, 0.4) is 0 Å². The molecular weight excluding hydrogens is 348 g/mol. The van der Waals surface area contributed by atoms with Crippen LogP contribution >= 0.6 is 0 Å². The van der Waals surface area contributed by atoms with Crippen LogP contribution in [-0.2, 0) is 16.4 Å². The second-order valence-electron chi connectivity index (χ2n) is 6.65. The smallest absolute Gasteiger partial charge is 0.244 e. The zero-order valence-corrected chi connectivity index (χ0v) is 17.0. The van der Waals surface area contributed by atoms with Gasteiger partial charge in [-0.3, -0.25) is 0 Å². The molecule has 0 aliphatic carbocycles. The highest BCUT2D eigenvalue weighted by Gasteiger charge is 2.20. The Morgan fingerprint density at radius 1 is 1.04 bits per heavy atom. The first-order valence-electron chi connectivity index (χ1n) is 8.66. The first-order valence-corrected chi connectivity index (χ1v) is 10.1. The molecule has 2 aromatic rings. The largest absolute Gasteiger partial charge is 0.495 e. The summed E-state index contributed by atoms with van der Waals surface area (Å²) in [7, 11) is 1.90. The summed E-state index contributed by atoms with van der Waals surface area (Å²) in [5.41, 5.74) is 4.27. The molecule has 0 atom stereocenters. The van der Waals surface area contributed by atoms with E-state index in [9.17, 15) is 8.42 Å². The third kappa shape index (κ3) is 4.99. The topological polar surface area (TPSA) is 58.6 Å². The number of methoxy groups -OCH3 is 1. The van der Waals surface area contributed by atoms with E-state index in [-0.39, 0.29) is 4.90 Å². The van der Waals surface area contributed by atoms with Crippen molar-refractivity contribution in [2.75, 3.05) is 32.6 Å². The van der Waals surface area contributed by atoms with Gasteiger partial charge in [-0.15, -0.1) is 0 Å². The minimum Gasteiger partial charge on any atom is -0.495 e. The Labute approximate surface area is 157 Å². The zero-order chi connectivity index (χ0) is 19.3. The average molecular weight is 377 g/mol. The van der Waals surface area contributed by atoms with Crippen LogP contribution in [0.1, 0.15) is 23.1 Å². The van der Waals surface area contributed by atoms with E-state index in [1.54, 1.807) is 12.1 Å². The van der Waals surface area contributed by atoms with Crippen molar-refractivity contribution in [1.82, 2.24) is 4.72 Å². The van der Waals surface area contributed by atoms with Gasteiger partial charge in [0.05, 0.1) is 7.11 Å². The molecule has 0 heterocycles. The van der Waals surface area contributed by atoms with Crippen molar-refractivity contribution >= 4 is 15.7 Å². The van der Waals surface area contributed by atoms with E-state index in [0.717, 1.165) is 29.7 Å². The van der Waals surface area contributed by atoms with E-state index in [0.29, 0.717) is 12.3 Å². The Kier molecular flexibility index (Phi) is 6.67. The molecule has 5 nitrogen and oxygen atoms in total. The molecule has 0 amide bonds. The third-order valence-corrected chi connectivity index (χ3v) is 5.94. The second kappa shape index (κ2) is 8.56. The van der Waals surface area contributed by atoms with Crippen molar-refractivity contribution in [1.29, 1.82) is 0 Å².